The first-order chi connectivity index (χ1) is 7.96. The average Bonchev–Trinajstić information content (AvgIpc) is 2.28. The van der Waals surface area contributed by atoms with Crippen LogP contribution in [0.4, 0.5) is 5.69 Å². The Morgan fingerprint density at radius 2 is 2.12 bits per heavy atom. The van der Waals surface area contributed by atoms with Crippen LogP contribution >= 0.6 is 0 Å². The Morgan fingerprint density at radius 1 is 1.41 bits per heavy atom. The van der Waals surface area contributed by atoms with Crippen LogP contribution in [0.25, 0.3) is 0 Å². The molecule has 0 saturated carbocycles. The lowest BCUT2D eigenvalue weighted by atomic mass is 10.1. The second-order valence-corrected chi connectivity index (χ2v) is 6.71. The summed E-state index contributed by atoms with van der Waals surface area (Å²) in [5.41, 5.74) is 0.669. The van der Waals surface area contributed by atoms with Crippen LogP contribution in [0, 0.1) is 5.92 Å². The fraction of sp³-hybridized carbons (Fsp3) is 0.500. The van der Waals surface area contributed by atoms with Crippen molar-refractivity contribution in [2.24, 2.45) is 5.92 Å². The maximum Gasteiger partial charge on any atom is 0.185 e. The molecule has 0 aliphatic carbocycles. The minimum atomic E-state index is -3.26. The van der Waals surface area contributed by atoms with Gasteiger partial charge in [0.15, 0.2) is 9.84 Å². The maximum atomic E-state index is 12.4. The Balaban J connectivity index is 2.55. The summed E-state index contributed by atoms with van der Waals surface area (Å²) in [5.74, 6) is 0.658. The largest absolute Gasteiger partial charge is 0.497 e. The summed E-state index contributed by atoms with van der Waals surface area (Å²) in [5, 5.41) is 2.79. The van der Waals surface area contributed by atoms with E-state index >= 15 is 0 Å². The number of fused-ring (bicyclic) bond motifs is 1. The summed E-state index contributed by atoms with van der Waals surface area (Å²) < 4.78 is 29.9. The number of hydrogen-bond donors (Lipinski definition) is 1. The first-order valence-corrected chi connectivity index (χ1v) is 7.17. The summed E-state index contributed by atoms with van der Waals surface area (Å²) in [6.45, 7) is 4.32. The molecule has 5 heteroatoms. The second kappa shape index (κ2) is 4.22. The molecule has 0 radical (unpaired) electrons. The quantitative estimate of drug-likeness (QED) is 0.877. The smallest absolute Gasteiger partial charge is 0.185 e. The van der Waals surface area contributed by atoms with Gasteiger partial charge >= 0.3 is 0 Å². The van der Waals surface area contributed by atoms with E-state index in [4.69, 9.17) is 4.74 Å². The fourth-order valence-corrected chi connectivity index (χ4v) is 4.16. The van der Waals surface area contributed by atoms with Crippen molar-refractivity contribution < 1.29 is 13.2 Å². The van der Waals surface area contributed by atoms with Crippen molar-refractivity contribution >= 4 is 15.5 Å². The molecule has 1 aliphatic rings. The summed E-state index contributed by atoms with van der Waals surface area (Å²) in [4.78, 5) is 0.349. The molecule has 17 heavy (non-hydrogen) atoms. The lowest BCUT2D eigenvalue weighted by Crippen LogP contribution is -2.38. The Labute approximate surface area is 102 Å². The molecule has 1 atom stereocenters. The number of benzene rings is 1. The van der Waals surface area contributed by atoms with E-state index in [9.17, 15) is 8.42 Å². The molecular weight excluding hydrogens is 238 g/mol. The third-order valence-corrected chi connectivity index (χ3v) is 5.59. The van der Waals surface area contributed by atoms with Crippen LogP contribution in [0.3, 0.4) is 0 Å². The molecule has 1 heterocycles. The van der Waals surface area contributed by atoms with Gasteiger partial charge in [0.2, 0.25) is 0 Å². The lowest BCUT2D eigenvalue weighted by Gasteiger charge is -2.28. The van der Waals surface area contributed by atoms with Gasteiger partial charge in [-0.15, -0.1) is 0 Å². The van der Waals surface area contributed by atoms with Crippen molar-refractivity contribution in [2.75, 3.05) is 19.0 Å². The summed E-state index contributed by atoms with van der Waals surface area (Å²) >= 11 is 0. The lowest BCUT2D eigenvalue weighted by molar-refractivity contribution is 0.413. The highest BCUT2D eigenvalue weighted by molar-refractivity contribution is 7.92. The normalized spacial score (nSPS) is 21.8. The molecule has 1 aromatic rings. The van der Waals surface area contributed by atoms with Crippen molar-refractivity contribution in [1.29, 1.82) is 0 Å². The van der Waals surface area contributed by atoms with E-state index in [1.165, 1.54) is 7.11 Å². The standard InChI is InChI=1S/C12H17NO3S/c1-8(2)12-7-13-10-5-4-9(16-3)6-11(10)17(12,14)15/h4-6,8,12-13H,7H2,1-3H3. The van der Waals surface area contributed by atoms with Gasteiger partial charge in [-0.1, -0.05) is 13.8 Å². The number of nitrogens with one attached hydrogen (secondary N) is 1. The van der Waals surface area contributed by atoms with Gasteiger partial charge in [-0.05, 0) is 18.1 Å². The molecule has 4 nitrogen and oxygen atoms in total. The average molecular weight is 255 g/mol. The predicted molar refractivity (Wildman–Crippen MR) is 67.3 cm³/mol. The molecule has 1 N–H and O–H groups in total. The Kier molecular flexibility index (Phi) is 3.03. The zero-order chi connectivity index (χ0) is 12.6. The molecule has 1 aliphatic heterocycles. The van der Waals surface area contributed by atoms with Crippen molar-refractivity contribution in [2.45, 2.75) is 24.0 Å². The summed E-state index contributed by atoms with van der Waals surface area (Å²) in [6, 6.07) is 5.10. The molecular formula is C12H17NO3S. The molecule has 1 aromatic carbocycles. The van der Waals surface area contributed by atoms with Crippen LogP contribution in [0.1, 0.15) is 13.8 Å². The van der Waals surface area contributed by atoms with Gasteiger partial charge in [-0.2, -0.15) is 0 Å². The Hall–Kier alpha value is -1.23. The van der Waals surface area contributed by atoms with Gasteiger partial charge < -0.3 is 10.1 Å². The van der Waals surface area contributed by atoms with Crippen molar-refractivity contribution in [3.63, 3.8) is 0 Å². The highest BCUT2D eigenvalue weighted by atomic mass is 32.2. The minimum absolute atomic E-state index is 0.0897. The van der Waals surface area contributed by atoms with E-state index in [1.54, 1.807) is 18.2 Å². The zero-order valence-corrected chi connectivity index (χ0v) is 11.0. The number of methoxy groups -OCH3 is 1. The SMILES string of the molecule is COc1ccc2c(c1)S(=O)(=O)C(C(C)C)CN2. The Bertz CT molecular complexity index is 523. The van der Waals surface area contributed by atoms with E-state index in [0.717, 1.165) is 0 Å². The molecule has 0 aromatic heterocycles. The first-order valence-electron chi connectivity index (χ1n) is 5.62. The summed E-state index contributed by atoms with van der Waals surface area (Å²) in [7, 11) is -1.72. The third kappa shape index (κ3) is 1.99. The van der Waals surface area contributed by atoms with Crippen LogP contribution < -0.4 is 10.1 Å². The van der Waals surface area contributed by atoms with E-state index in [1.807, 2.05) is 13.8 Å². The van der Waals surface area contributed by atoms with Gasteiger partial charge in [0.1, 0.15) is 5.75 Å². The first kappa shape index (κ1) is 12.2. The van der Waals surface area contributed by atoms with Gasteiger partial charge in [-0.3, -0.25) is 0 Å². The molecule has 0 saturated heterocycles. The molecule has 94 valence electrons. The monoisotopic (exact) mass is 255 g/mol. The number of anilines is 1. The Morgan fingerprint density at radius 3 is 2.71 bits per heavy atom. The highest BCUT2D eigenvalue weighted by Gasteiger charge is 2.35. The maximum absolute atomic E-state index is 12.4. The minimum Gasteiger partial charge on any atom is -0.497 e. The van der Waals surface area contributed by atoms with Gasteiger partial charge in [0, 0.05) is 12.6 Å². The van der Waals surface area contributed by atoms with Crippen molar-refractivity contribution in [3.05, 3.63) is 18.2 Å². The topological polar surface area (TPSA) is 55.4 Å². The van der Waals surface area contributed by atoms with Gasteiger partial charge in [0.05, 0.1) is 22.9 Å². The molecule has 2 rings (SSSR count). The van der Waals surface area contributed by atoms with E-state index in [-0.39, 0.29) is 11.2 Å². The molecule has 0 amide bonds. The van der Waals surface area contributed by atoms with Crippen molar-refractivity contribution in [1.82, 2.24) is 0 Å². The number of hydrogen-bond acceptors (Lipinski definition) is 4. The van der Waals surface area contributed by atoms with Crippen molar-refractivity contribution in [3.8, 4) is 5.75 Å². The molecule has 0 bridgehead atoms. The number of ether oxygens (including phenoxy) is 1. The second-order valence-electron chi connectivity index (χ2n) is 4.57. The molecule has 1 unspecified atom stereocenters. The number of sulfone groups is 1. The van der Waals surface area contributed by atoms with Crippen LogP contribution in [-0.2, 0) is 9.84 Å². The van der Waals surface area contributed by atoms with Crippen LogP contribution in [0.2, 0.25) is 0 Å². The highest BCUT2D eigenvalue weighted by Crippen LogP contribution is 2.34. The summed E-state index contributed by atoms with van der Waals surface area (Å²) in [6.07, 6.45) is 0. The van der Waals surface area contributed by atoms with E-state index < -0.39 is 9.84 Å². The van der Waals surface area contributed by atoms with Gasteiger partial charge in [0.25, 0.3) is 0 Å². The van der Waals surface area contributed by atoms with Crippen LogP contribution in [0.5, 0.6) is 5.75 Å². The number of rotatable bonds is 2. The molecule has 0 fully saturated rings. The molecule has 0 spiro atoms. The van der Waals surface area contributed by atoms with E-state index in [0.29, 0.717) is 22.9 Å². The zero-order valence-electron chi connectivity index (χ0n) is 10.2. The predicted octanol–water partition coefficient (Wildman–Crippen LogP) is 1.92. The third-order valence-electron chi connectivity index (χ3n) is 3.13. The van der Waals surface area contributed by atoms with Crippen LogP contribution in [-0.4, -0.2) is 27.3 Å². The van der Waals surface area contributed by atoms with Gasteiger partial charge in [-0.25, -0.2) is 8.42 Å². The fourth-order valence-electron chi connectivity index (χ4n) is 2.09. The van der Waals surface area contributed by atoms with E-state index in [2.05, 4.69) is 5.32 Å². The van der Waals surface area contributed by atoms with Crippen LogP contribution in [0.15, 0.2) is 23.1 Å².